The average Bonchev–Trinajstić information content (AvgIpc) is 2.86. The molecule has 0 amide bonds. The second kappa shape index (κ2) is 11.4. The molecule has 0 radical (unpaired) electrons. The van der Waals surface area contributed by atoms with Gasteiger partial charge in [0.05, 0.1) is 24.5 Å². The summed E-state index contributed by atoms with van der Waals surface area (Å²) in [6, 6.07) is 5.27. The van der Waals surface area contributed by atoms with Crippen LogP contribution in [0.5, 0.6) is 28.7 Å². The van der Waals surface area contributed by atoms with E-state index >= 15 is 0 Å². The second-order valence-electron chi connectivity index (χ2n) is 10.1. The minimum atomic E-state index is -1.96. The van der Waals surface area contributed by atoms with Gasteiger partial charge >= 0.3 is 11.9 Å². The lowest BCUT2D eigenvalue weighted by Crippen LogP contribution is -2.59. The van der Waals surface area contributed by atoms with Gasteiger partial charge in [-0.15, -0.1) is 0 Å². The number of hydrogen-bond acceptors (Lipinski definition) is 14. The van der Waals surface area contributed by atoms with Crippen LogP contribution in [0.4, 0.5) is 0 Å². The normalized spacial score (nSPS) is 23.7. The van der Waals surface area contributed by atoms with Crippen molar-refractivity contribution in [2.24, 2.45) is 0 Å². The Hall–Kier alpha value is -4.57. The molecule has 1 aliphatic rings. The Morgan fingerprint density at radius 3 is 2.31 bits per heavy atom. The third kappa shape index (κ3) is 6.18. The molecule has 3 aromatic rings. The number of aliphatic hydroxyl groups is 3. The monoisotopic (exact) mass is 592 g/mol. The number of benzene rings is 2. The summed E-state index contributed by atoms with van der Waals surface area (Å²) in [7, 11) is 0. The van der Waals surface area contributed by atoms with Crippen molar-refractivity contribution in [3.63, 3.8) is 0 Å². The van der Waals surface area contributed by atoms with Crippen molar-refractivity contribution in [2.45, 2.75) is 63.0 Å². The number of phenolic OH excluding ortho intramolecular Hbond substituents is 4. The second-order valence-corrected chi connectivity index (χ2v) is 10.1. The number of rotatable bonds is 8. The summed E-state index contributed by atoms with van der Waals surface area (Å²) in [4.78, 5) is 36.8. The molecule has 1 aliphatic heterocycles. The summed E-state index contributed by atoms with van der Waals surface area (Å²) in [6.07, 6.45) is -9.78. The Balaban J connectivity index is 1.66. The van der Waals surface area contributed by atoms with E-state index in [1.165, 1.54) is 13.0 Å². The standard InChI is InChI=1S/C27H28O15/c1-10-23(41-18(34)9-27(2,38)8-17(32)33)21(36)22(37)26(39-10)42-25-20(35)19-15(31)6-12(28)7-16(19)40-24(25)11-3-4-13(29)14(30)5-11/h3-7,10,21-23,26,28-31,36-38H,8-9H2,1-2H3,(H,32,33)/t10-,21-,22-,23-,26+,27-/m0/s1. The lowest BCUT2D eigenvalue weighted by atomic mass is 9.97. The number of aromatic hydroxyl groups is 4. The maximum Gasteiger partial charge on any atom is 0.309 e. The Bertz CT molecular complexity index is 1580. The topological polar surface area (TPSA) is 254 Å². The highest BCUT2D eigenvalue weighted by Crippen LogP contribution is 2.39. The van der Waals surface area contributed by atoms with Gasteiger partial charge in [0.15, 0.2) is 23.4 Å². The quantitative estimate of drug-likeness (QED) is 0.132. The molecule has 0 spiro atoms. The predicted molar refractivity (Wildman–Crippen MR) is 139 cm³/mol. The molecule has 0 saturated carbocycles. The lowest BCUT2D eigenvalue weighted by Gasteiger charge is -2.40. The van der Waals surface area contributed by atoms with Crippen LogP contribution < -0.4 is 10.2 Å². The Morgan fingerprint density at radius 1 is 0.976 bits per heavy atom. The number of esters is 1. The fourth-order valence-corrected chi connectivity index (χ4v) is 4.50. The van der Waals surface area contributed by atoms with E-state index in [-0.39, 0.29) is 16.9 Å². The van der Waals surface area contributed by atoms with Crippen molar-refractivity contribution in [1.82, 2.24) is 0 Å². The van der Waals surface area contributed by atoms with Crippen molar-refractivity contribution in [3.05, 3.63) is 40.6 Å². The maximum atomic E-state index is 13.5. The number of carbonyl (C=O) groups excluding carboxylic acids is 1. The van der Waals surface area contributed by atoms with Gasteiger partial charge in [-0.05, 0) is 32.0 Å². The van der Waals surface area contributed by atoms with E-state index in [1.807, 2.05) is 0 Å². The Morgan fingerprint density at radius 2 is 1.67 bits per heavy atom. The van der Waals surface area contributed by atoms with Crippen molar-refractivity contribution < 1.29 is 69.1 Å². The highest BCUT2D eigenvalue weighted by atomic mass is 16.7. The zero-order valence-electron chi connectivity index (χ0n) is 22.1. The van der Waals surface area contributed by atoms with Gasteiger partial charge in [-0.3, -0.25) is 14.4 Å². The van der Waals surface area contributed by atoms with Crippen LogP contribution in [-0.4, -0.2) is 89.1 Å². The fourth-order valence-electron chi connectivity index (χ4n) is 4.50. The number of carboxylic acid groups (broad SMARTS) is 1. The van der Waals surface area contributed by atoms with Gasteiger partial charge in [-0.1, -0.05) is 0 Å². The minimum absolute atomic E-state index is 0.0127. The summed E-state index contributed by atoms with van der Waals surface area (Å²) in [5.41, 5.74) is -3.25. The average molecular weight is 593 g/mol. The van der Waals surface area contributed by atoms with Crippen LogP contribution in [0, 0.1) is 0 Å². The fraction of sp³-hybridized carbons (Fsp3) is 0.370. The molecule has 4 rings (SSSR count). The smallest absolute Gasteiger partial charge is 0.309 e. The van der Waals surface area contributed by atoms with Crippen LogP contribution in [0.15, 0.2) is 39.5 Å². The highest BCUT2D eigenvalue weighted by molar-refractivity contribution is 5.88. The molecule has 42 heavy (non-hydrogen) atoms. The van der Waals surface area contributed by atoms with Crippen molar-refractivity contribution >= 4 is 22.9 Å². The molecule has 1 saturated heterocycles. The highest BCUT2D eigenvalue weighted by Gasteiger charge is 2.47. The van der Waals surface area contributed by atoms with Gasteiger partial charge in [0.1, 0.15) is 34.7 Å². The van der Waals surface area contributed by atoms with E-state index < -0.39 is 101 Å². The molecule has 15 nitrogen and oxygen atoms in total. The van der Waals surface area contributed by atoms with Crippen molar-refractivity contribution in [3.8, 4) is 40.1 Å². The number of fused-ring (bicyclic) bond motifs is 1. The summed E-state index contributed by atoms with van der Waals surface area (Å²) in [5.74, 6) is -5.68. The SMILES string of the molecule is C[C@@H]1O[C@H](Oc2c(-c3ccc(O)c(O)c3)oc3cc(O)cc(O)c3c2=O)[C@@H](O)[C@H](O)[C@H]1OC(=O)C[C@@](C)(O)CC(=O)O. The van der Waals surface area contributed by atoms with Crippen LogP contribution in [0.1, 0.15) is 26.7 Å². The number of phenols is 4. The maximum absolute atomic E-state index is 13.5. The molecule has 1 aromatic heterocycles. The van der Waals surface area contributed by atoms with Gasteiger partial charge < -0.3 is 59.5 Å². The molecule has 2 aromatic carbocycles. The van der Waals surface area contributed by atoms with Crippen LogP contribution in [0.25, 0.3) is 22.3 Å². The van der Waals surface area contributed by atoms with Gasteiger partial charge in [0.25, 0.3) is 0 Å². The Labute approximate surface area is 236 Å². The van der Waals surface area contributed by atoms with Crippen LogP contribution in [0.3, 0.4) is 0 Å². The first-order valence-electron chi connectivity index (χ1n) is 12.4. The number of aliphatic carboxylic acids is 1. The summed E-state index contributed by atoms with van der Waals surface area (Å²) < 4.78 is 22.1. The zero-order valence-corrected chi connectivity index (χ0v) is 22.1. The van der Waals surface area contributed by atoms with E-state index in [1.54, 1.807) is 0 Å². The molecule has 0 unspecified atom stereocenters. The van der Waals surface area contributed by atoms with E-state index in [2.05, 4.69) is 0 Å². The molecule has 8 N–H and O–H groups in total. The van der Waals surface area contributed by atoms with E-state index in [0.29, 0.717) is 0 Å². The first-order chi connectivity index (χ1) is 19.6. The largest absolute Gasteiger partial charge is 0.508 e. The number of hydrogen-bond donors (Lipinski definition) is 8. The molecular formula is C27H28O15. The third-order valence-corrected chi connectivity index (χ3v) is 6.49. The summed E-state index contributed by atoms with van der Waals surface area (Å²) in [6.45, 7) is 2.45. The van der Waals surface area contributed by atoms with E-state index in [9.17, 15) is 50.1 Å². The van der Waals surface area contributed by atoms with E-state index in [0.717, 1.165) is 31.2 Å². The Kier molecular flexibility index (Phi) is 8.22. The van der Waals surface area contributed by atoms with Gasteiger partial charge in [0.2, 0.25) is 17.5 Å². The first-order valence-corrected chi connectivity index (χ1v) is 12.4. The number of carbonyl (C=O) groups is 2. The lowest BCUT2D eigenvalue weighted by molar-refractivity contribution is -0.273. The zero-order chi connectivity index (χ0) is 31.1. The number of ether oxygens (including phenoxy) is 3. The minimum Gasteiger partial charge on any atom is -0.508 e. The molecular weight excluding hydrogens is 564 g/mol. The van der Waals surface area contributed by atoms with Crippen LogP contribution in [0.2, 0.25) is 0 Å². The third-order valence-electron chi connectivity index (χ3n) is 6.49. The molecule has 1 fully saturated rings. The van der Waals surface area contributed by atoms with E-state index in [4.69, 9.17) is 23.7 Å². The van der Waals surface area contributed by atoms with Gasteiger partial charge in [-0.25, -0.2) is 0 Å². The van der Waals surface area contributed by atoms with Crippen LogP contribution in [-0.2, 0) is 19.1 Å². The predicted octanol–water partition coefficient (Wildman–Crippen LogP) is 0.655. The number of carboxylic acids is 1. The molecule has 6 atom stereocenters. The molecule has 226 valence electrons. The van der Waals surface area contributed by atoms with Gasteiger partial charge in [-0.2, -0.15) is 0 Å². The van der Waals surface area contributed by atoms with Crippen LogP contribution >= 0.6 is 0 Å². The summed E-state index contributed by atoms with van der Waals surface area (Å²) >= 11 is 0. The number of aliphatic hydroxyl groups excluding tert-OH is 2. The van der Waals surface area contributed by atoms with Crippen molar-refractivity contribution in [2.75, 3.05) is 0 Å². The van der Waals surface area contributed by atoms with Gasteiger partial charge in [0, 0.05) is 17.7 Å². The molecule has 0 aliphatic carbocycles. The van der Waals surface area contributed by atoms with Crippen molar-refractivity contribution in [1.29, 1.82) is 0 Å². The summed E-state index contributed by atoms with van der Waals surface area (Å²) in [5, 5.41) is 80.0. The molecule has 0 bridgehead atoms. The molecule has 2 heterocycles. The molecule has 15 heteroatoms. The first kappa shape index (κ1) is 30.4.